The maximum atomic E-state index is 11.5. The van der Waals surface area contributed by atoms with Crippen molar-refractivity contribution in [1.82, 2.24) is 5.32 Å². The molecule has 0 atom stereocenters. The van der Waals surface area contributed by atoms with E-state index in [0.717, 1.165) is 0 Å². The summed E-state index contributed by atoms with van der Waals surface area (Å²) in [5.41, 5.74) is 0.712. The van der Waals surface area contributed by atoms with Gasteiger partial charge in [0.15, 0.2) is 9.84 Å². The van der Waals surface area contributed by atoms with Crippen LogP contribution in [0.3, 0.4) is 0 Å². The Balaban J connectivity index is 2.72. The van der Waals surface area contributed by atoms with Crippen LogP contribution in [0.25, 0.3) is 0 Å². The van der Waals surface area contributed by atoms with Gasteiger partial charge in [0.1, 0.15) is 0 Å². The molecule has 0 bridgehead atoms. The Morgan fingerprint density at radius 2 is 1.82 bits per heavy atom. The first-order valence-electron chi connectivity index (χ1n) is 5.27. The predicted molar refractivity (Wildman–Crippen MR) is 66.7 cm³/mol. The first-order chi connectivity index (χ1) is 7.99. The van der Waals surface area contributed by atoms with Crippen LogP contribution in [0.1, 0.15) is 6.92 Å². The van der Waals surface area contributed by atoms with Gasteiger partial charge in [0.25, 0.3) is 0 Å². The number of hydrogen-bond donors (Lipinski definition) is 2. The lowest BCUT2D eigenvalue weighted by atomic mass is 10.3. The molecule has 0 saturated heterocycles. The van der Waals surface area contributed by atoms with Crippen LogP contribution in [0.5, 0.6) is 0 Å². The zero-order valence-corrected chi connectivity index (χ0v) is 10.7. The van der Waals surface area contributed by atoms with Gasteiger partial charge in [-0.25, -0.2) is 8.42 Å². The fraction of sp³-hybridized carbons (Fsp3) is 0.364. The van der Waals surface area contributed by atoms with Gasteiger partial charge in [-0.2, -0.15) is 0 Å². The van der Waals surface area contributed by atoms with E-state index in [4.69, 9.17) is 0 Å². The number of nitrogens with one attached hydrogen (secondary N) is 2. The minimum Gasteiger partial charge on any atom is -0.376 e. The molecule has 0 unspecified atom stereocenters. The molecule has 0 heterocycles. The smallest absolute Gasteiger partial charge is 0.239 e. The zero-order chi connectivity index (χ0) is 12.9. The second-order valence-corrected chi connectivity index (χ2v) is 5.73. The van der Waals surface area contributed by atoms with Crippen LogP contribution in [-0.4, -0.2) is 33.7 Å². The highest BCUT2D eigenvalue weighted by atomic mass is 32.2. The molecule has 2 N–H and O–H groups in total. The van der Waals surface area contributed by atoms with Crippen molar-refractivity contribution >= 4 is 21.4 Å². The van der Waals surface area contributed by atoms with Crippen LogP contribution in [-0.2, 0) is 14.6 Å². The number of carbonyl (C=O) groups excluding carboxylic acids is 1. The maximum absolute atomic E-state index is 11.5. The maximum Gasteiger partial charge on any atom is 0.239 e. The largest absolute Gasteiger partial charge is 0.376 e. The Kier molecular flexibility index (Phi) is 4.51. The van der Waals surface area contributed by atoms with Gasteiger partial charge in [0, 0.05) is 12.7 Å². The van der Waals surface area contributed by atoms with Crippen LogP contribution in [0, 0.1) is 0 Å². The molecule has 5 nitrogen and oxygen atoms in total. The Labute approximate surface area is 101 Å². The van der Waals surface area contributed by atoms with Crippen molar-refractivity contribution in [3.63, 3.8) is 0 Å². The standard InChI is InChI=1S/C11H16N2O3S/c1-3-17(15,16)10-6-4-9(5-7-10)13-8-11(14)12-2/h4-7,13H,3,8H2,1-2H3,(H,12,14). The van der Waals surface area contributed by atoms with E-state index in [9.17, 15) is 13.2 Å². The van der Waals surface area contributed by atoms with E-state index in [2.05, 4.69) is 10.6 Å². The molecular weight excluding hydrogens is 240 g/mol. The molecule has 17 heavy (non-hydrogen) atoms. The van der Waals surface area contributed by atoms with E-state index in [-0.39, 0.29) is 18.2 Å². The molecule has 0 aliphatic rings. The molecular formula is C11H16N2O3S. The molecule has 1 amide bonds. The summed E-state index contributed by atoms with van der Waals surface area (Å²) in [5, 5.41) is 5.37. The number of sulfone groups is 1. The van der Waals surface area contributed by atoms with Crippen LogP contribution >= 0.6 is 0 Å². The van der Waals surface area contributed by atoms with Crippen LogP contribution in [0.15, 0.2) is 29.2 Å². The third-order valence-corrected chi connectivity index (χ3v) is 4.08. The molecule has 94 valence electrons. The SMILES string of the molecule is CCS(=O)(=O)c1ccc(NCC(=O)NC)cc1. The first kappa shape index (κ1) is 13.5. The lowest BCUT2D eigenvalue weighted by Gasteiger charge is -2.06. The van der Waals surface area contributed by atoms with E-state index in [1.165, 1.54) is 12.1 Å². The van der Waals surface area contributed by atoms with Crippen molar-refractivity contribution < 1.29 is 13.2 Å². The van der Waals surface area contributed by atoms with Crippen LogP contribution in [0.2, 0.25) is 0 Å². The predicted octanol–water partition coefficient (Wildman–Crippen LogP) is 0.638. The number of likely N-dealkylation sites (N-methyl/N-ethyl adjacent to an activating group) is 1. The summed E-state index contributed by atoms with van der Waals surface area (Å²) in [4.78, 5) is 11.3. The Bertz CT molecular complexity index is 480. The summed E-state index contributed by atoms with van der Waals surface area (Å²) in [6, 6.07) is 6.35. The second kappa shape index (κ2) is 5.67. The highest BCUT2D eigenvalue weighted by Crippen LogP contribution is 2.14. The van der Waals surface area contributed by atoms with E-state index < -0.39 is 9.84 Å². The summed E-state index contributed by atoms with van der Waals surface area (Å²) in [6.07, 6.45) is 0. The molecule has 6 heteroatoms. The van der Waals surface area contributed by atoms with Crippen molar-refractivity contribution in [3.05, 3.63) is 24.3 Å². The van der Waals surface area contributed by atoms with Crippen molar-refractivity contribution in [2.24, 2.45) is 0 Å². The van der Waals surface area contributed by atoms with Gasteiger partial charge in [-0.15, -0.1) is 0 Å². The van der Waals surface area contributed by atoms with Crippen molar-refractivity contribution in [1.29, 1.82) is 0 Å². The molecule has 0 aromatic heterocycles. The average molecular weight is 256 g/mol. The van der Waals surface area contributed by atoms with Gasteiger partial charge >= 0.3 is 0 Å². The molecule has 1 aromatic carbocycles. The second-order valence-electron chi connectivity index (χ2n) is 3.45. The number of amides is 1. The molecule has 1 rings (SSSR count). The third kappa shape index (κ3) is 3.74. The summed E-state index contributed by atoms with van der Waals surface area (Å²) in [6.45, 7) is 1.77. The van der Waals surface area contributed by atoms with E-state index in [0.29, 0.717) is 10.6 Å². The van der Waals surface area contributed by atoms with Gasteiger partial charge in [-0.1, -0.05) is 6.92 Å². The fourth-order valence-electron chi connectivity index (χ4n) is 1.22. The van der Waals surface area contributed by atoms with Gasteiger partial charge in [0.05, 0.1) is 17.2 Å². The van der Waals surface area contributed by atoms with E-state index in [1.54, 1.807) is 26.1 Å². The lowest BCUT2D eigenvalue weighted by Crippen LogP contribution is -2.26. The Morgan fingerprint density at radius 1 is 1.24 bits per heavy atom. The molecule has 0 saturated carbocycles. The van der Waals surface area contributed by atoms with Gasteiger partial charge in [-0.05, 0) is 24.3 Å². The molecule has 0 radical (unpaired) electrons. The van der Waals surface area contributed by atoms with Crippen molar-refractivity contribution in [3.8, 4) is 0 Å². The van der Waals surface area contributed by atoms with Crippen LogP contribution < -0.4 is 10.6 Å². The van der Waals surface area contributed by atoms with E-state index >= 15 is 0 Å². The summed E-state index contributed by atoms with van der Waals surface area (Å²) >= 11 is 0. The van der Waals surface area contributed by atoms with Gasteiger partial charge in [-0.3, -0.25) is 4.79 Å². The molecule has 0 aliphatic heterocycles. The number of hydrogen-bond acceptors (Lipinski definition) is 4. The Hall–Kier alpha value is -1.56. The minimum atomic E-state index is -3.16. The topological polar surface area (TPSA) is 75.3 Å². The number of carbonyl (C=O) groups is 1. The number of benzene rings is 1. The van der Waals surface area contributed by atoms with Crippen LogP contribution in [0.4, 0.5) is 5.69 Å². The van der Waals surface area contributed by atoms with Crippen molar-refractivity contribution in [2.75, 3.05) is 24.7 Å². The summed E-state index contributed by atoms with van der Waals surface area (Å²) in [5.74, 6) is -0.0480. The molecule has 0 fully saturated rings. The Morgan fingerprint density at radius 3 is 2.29 bits per heavy atom. The average Bonchev–Trinajstić information content (AvgIpc) is 2.36. The van der Waals surface area contributed by atoms with Gasteiger partial charge < -0.3 is 10.6 Å². The summed E-state index contributed by atoms with van der Waals surface area (Å²) in [7, 11) is -1.60. The molecule has 0 spiro atoms. The molecule has 0 aliphatic carbocycles. The fourth-order valence-corrected chi connectivity index (χ4v) is 2.10. The third-order valence-electron chi connectivity index (χ3n) is 2.33. The zero-order valence-electron chi connectivity index (χ0n) is 9.86. The van der Waals surface area contributed by atoms with E-state index in [1.807, 2.05) is 0 Å². The van der Waals surface area contributed by atoms with Gasteiger partial charge in [0.2, 0.25) is 5.91 Å². The highest BCUT2D eigenvalue weighted by molar-refractivity contribution is 7.91. The lowest BCUT2D eigenvalue weighted by molar-refractivity contribution is -0.118. The monoisotopic (exact) mass is 256 g/mol. The minimum absolute atomic E-state index is 0.0814. The number of rotatable bonds is 5. The van der Waals surface area contributed by atoms with Crippen molar-refractivity contribution in [2.45, 2.75) is 11.8 Å². The quantitative estimate of drug-likeness (QED) is 0.810. The first-order valence-corrected chi connectivity index (χ1v) is 6.92. The summed E-state index contributed by atoms with van der Waals surface area (Å²) < 4.78 is 23.1. The molecule has 1 aromatic rings. The highest BCUT2D eigenvalue weighted by Gasteiger charge is 2.10. The normalized spacial score (nSPS) is 10.9. The number of anilines is 1.